The maximum absolute atomic E-state index is 10.9. The normalized spacial score (nSPS) is 16.1. The van der Waals surface area contributed by atoms with Gasteiger partial charge in [-0.3, -0.25) is 0 Å². The van der Waals surface area contributed by atoms with Crippen LogP contribution in [0.3, 0.4) is 0 Å². The first-order chi connectivity index (χ1) is 10.1. The van der Waals surface area contributed by atoms with E-state index >= 15 is 0 Å². The van der Waals surface area contributed by atoms with Gasteiger partial charge in [-0.15, -0.1) is 0 Å². The summed E-state index contributed by atoms with van der Waals surface area (Å²) >= 11 is 6.11. The summed E-state index contributed by atoms with van der Waals surface area (Å²) in [5.41, 5.74) is 0.733. The average molecular weight is 308 g/mol. The lowest BCUT2D eigenvalue weighted by atomic mass is 9.97. The highest BCUT2D eigenvalue weighted by Gasteiger charge is 2.27. The molecule has 1 aromatic carbocycles. The standard InChI is InChI=1S/C14H14ClN3O3/c15-11-4-2-1-3-10(11)12-16-13(21-17-12)9-5-7-18(8-6-9)14(19)20/h1-4,9H,5-8H2,(H,19,20). The Bertz CT molecular complexity index is 650. The fourth-order valence-electron chi connectivity index (χ4n) is 2.47. The van der Waals surface area contributed by atoms with E-state index in [0.29, 0.717) is 42.7 Å². The van der Waals surface area contributed by atoms with Gasteiger partial charge in [0, 0.05) is 24.6 Å². The van der Waals surface area contributed by atoms with E-state index < -0.39 is 6.09 Å². The average Bonchev–Trinajstić information content (AvgIpc) is 2.97. The van der Waals surface area contributed by atoms with Gasteiger partial charge in [-0.1, -0.05) is 28.9 Å². The zero-order valence-electron chi connectivity index (χ0n) is 11.2. The first kappa shape index (κ1) is 13.9. The number of rotatable bonds is 2. The highest BCUT2D eigenvalue weighted by molar-refractivity contribution is 6.33. The quantitative estimate of drug-likeness (QED) is 0.921. The molecule has 1 saturated heterocycles. The van der Waals surface area contributed by atoms with Gasteiger partial charge in [-0.05, 0) is 25.0 Å². The Balaban J connectivity index is 1.74. The smallest absolute Gasteiger partial charge is 0.407 e. The van der Waals surface area contributed by atoms with Gasteiger partial charge in [0.2, 0.25) is 11.7 Å². The number of hydrogen-bond donors (Lipinski definition) is 1. The van der Waals surface area contributed by atoms with E-state index in [-0.39, 0.29) is 5.92 Å². The van der Waals surface area contributed by atoms with Crippen LogP contribution >= 0.6 is 11.6 Å². The van der Waals surface area contributed by atoms with Gasteiger partial charge >= 0.3 is 6.09 Å². The second-order valence-corrected chi connectivity index (χ2v) is 5.39. The predicted molar refractivity (Wildman–Crippen MR) is 76.3 cm³/mol. The molecule has 6 nitrogen and oxygen atoms in total. The Hall–Kier alpha value is -2.08. The van der Waals surface area contributed by atoms with E-state index in [0.717, 1.165) is 5.56 Å². The number of halogens is 1. The molecule has 3 rings (SSSR count). The molecular formula is C14H14ClN3O3. The topological polar surface area (TPSA) is 79.5 Å². The molecule has 1 amide bonds. The lowest BCUT2D eigenvalue weighted by molar-refractivity contribution is 0.128. The van der Waals surface area contributed by atoms with Crippen molar-refractivity contribution in [1.29, 1.82) is 0 Å². The van der Waals surface area contributed by atoms with Crippen molar-refractivity contribution in [2.24, 2.45) is 0 Å². The second-order valence-electron chi connectivity index (χ2n) is 4.98. The zero-order chi connectivity index (χ0) is 14.8. The molecule has 0 unspecified atom stereocenters. The molecule has 0 saturated carbocycles. The van der Waals surface area contributed by atoms with Crippen LogP contribution in [0.1, 0.15) is 24.7 Å². The molecule has 21 heavy (non-hydrogen) atoms. The van der Waals surface area contributed by atoms with Crippen molar-refractivity contribution in [2.45, 2.75) is 18.8 Å². The van der Waals surface area contributed by atoms with Crippen LogP contribution in [0.5, 0.6) is 0 Å². The first-order valence-corrected chi connectivity index (χ1v) is 7.09. The molecule has 1 aliphatic rings. The number of amides is 1. The molecule has 2 aromatic rings. The molecule has 2 heterocycles. The van der Waals surface area contributed by atoms with E-state index in [4.69, 9.17) is 21.2 Å². The fourth-order valence-corrected chi connectivity index (χ4v) is 2.69. The summed E-state index contributed by atoms with van der Waals surface area (Å²) < 4.78 is 5.32. The monoisotopic (exact) mass is 307 g/mol. The van der Waals surface area contributed by atoms with Crippen molar-refractivity contribution in [3.05, 3.63) is 35.2 Å². The number of carbonyl (C=O) groups is 1. The van der Waals surface area contributed by atoms with Gasteiger partial charge in [0.25, 0.3) is 0 Å². The Kier molecular flexibility index (Phi) is 3.79. The summed E-state index contributed by atoms with van der Waals surface area (Å²) in [6.45, 7) is 0.980. The van der Waals surface area contributed by atoms with E-state index in [2.05, 4.69) is 10.1 Å². The predicted octanol–water partition coefficient (Wildman–Crippen LogP) is 3.25. The van der Waals surface area contributed by atoms with Crippen molar-refractivity contribution >= 4 is 17.7 Å². The largest absolute Gasteiger partial charge is 0.465 e. The third-order valence-electron chi connectivity index (χ3n) is 3.67. The molecule has 0 atom stereocenters. The van der Waals surface area contributed by atoms with Crippen molar-refractivity contribution in [3.8, 4) is 11.4 Å². The zero-order valence-corrected chi connectivity index (χ0v) is 12.0. The Morgan fingerprint density at radius 3 is 2.71 bits per heavy atom. The number of piperidine rings is 1. The number of likely N-dealkylation sites (tertiary alicyclic amines) is 1. The number of benzene rings is 1. The van der Waals surface area contributed by atoms with Crippen LogP contribution in [-0.4, -0.2) is 39.3 Å². The third-order valence-corrected chi connectivity index (χ3v) is 4.00. The molecule has 1 fully saturated rings. The van der Waals surface area contributed by atoms with Gasteiger partial charge in [-0.2, -0.15) is 4.98 Å². The van der Waals surface area contributed by atoms with Crippen molar-refractivity contribution in [3.63, 3.8) is 0 Å². The van der Waals surface area contributed by atoms with Crippen molar-refractivity contribution in [1.82, 2.24) is 15.0 Å². The molecule has 1 aromatic heterocycles. The summed E-state index contributed by atoms with van der Waals surface area (Å²) in [6.07, 6.45) is 0.503. The summed E-state index contributed by atoms with van der Waals surface area (Å²) in [4.78, 5) is 16.7. The summed E-state index contributed by atoms with van der Waals surface area (Å²) in [5.74, 6) is 1.12. The molecular weight excluding hydrogens is 294 g/mol. The molecule has 1 N–H and O–H groups in total. The van der Waals surface area contributed by atoms with Crippen LogP contribution < -0.4 is 0 Å². The minimum Gasteiger partial charge on any atom is -0.465 e. The molecule has 0 aliphatic carbocycles. The van der Waals surface area contributed by atoms with Crippen LogP contribution in [0.25, 0.3) is 11.4 Å². The highest BCUT2D eigenvalue weighted by Crippen LogP contribution is 2.30. The van der Waals surface area contributed by atoms with E-state index in [1.165, 1.54) is 4.90 Å². The molecule has 0 bridgehead atoms. The van der Waals surface area contributed by atoms with E-state index in [9.17, 15) is 4.79 Å². The number of nitrogens with zero attached hydrogens (tertiary/aromatic N) is 3. The molecule has 110 valence electrons. The van der Waals surface area contributed by atoms with Crippen LogP contribution in [-0.2, 0) is 0 Å². The Morgan fingerprint density at radius 2 is 2.05 bits per heavy atom. The van der Waals surface area contributed by atoms with Crippen molar-refractivity contribution < 1.29 is 14.4 Å². The number of carboxylic acid groups (broad SMARTS) is 1. The van der Waals surface area contributed by atoms with Crippen molar-refractivity contribution in [2.75, 3.05) is 13.1 Å². The summed E-state index contributed by atoms with van der Waals surface area (Å²) in [5, 5.41) is 13.5. The Morgan fingerprint density at radius 1 is 1.33 bits per heavy atom. The van der Waals surface area contributed by atoms with Gasteiger partial charge in [0.1, 0.15) is 0 Å². The minimum atomic E-state index is -0.879. The van der Waals surface area contributed by atoms with Crippen LogP contribution in [0, 0.1) is 0 Å². The molecule has 0 radical (unpaired) electrons. The Labute approximate surface area is 126 Å². The SMILES string of the molecule is O=C(O)N1CCC(c2nc(-c3ccccc3Cl)no2)CC1. The van der Waals surface area contributed by atoms with Crippen LogP contribution in [0.4, 0.5) is 4.79 Å². The van der Waals surface area contributed by atoms with Gasteiger partial charge < -0.3 is 14.5 Å². The van der Waals surface area contributed by atoms with Gasteiger partial charge in [0.05, 0.1) is 5.02 Å². The van der Waals surface area contributed by atoms with Gasteiger partial charge in [-0.25, -0.2) is 4.79 Å². The number of aromatic nitrogens is 2. The third kappa shape index (κ3) is 2.85. The molecule has 7 heteroatoms. The van der Waals surface area contributed by atoms with Gasteiger partial charge in [0.15, 0.2) is 0 Å². The fraction of sp³-hybridized carbons (Fsp3) is 0.357. The van der Waals surface area contributed by atoms with Crippen LogP contribution in [0.15, 0.2) is 28.8 Å². The molecule has 1 aliphatic heterocycles. The lowest BCUT2D eigenvalue weighted by Crippen LogP contribution is -2.36. The summed E-state index contributed by atoms with van der Waals surface area (Å²) in [6, 6.07) is 7.32. The molecule has 0 spiro atoms. The first-order valence-electron chi connectivity index (χ1n) is 6.71. The summed E-state index contributed by atoms with van der Waals surface area (Å²) in [7, 11) is 0. The second kappa shape index (κ2) is 5.73. The number of hydrogen-bond acceptors (Lipinski definition) is 4. The lowest BCUT2D eigenvalue weighted by Gasteiger charge is -2.27. The van der Waals surface area contributed by atoms with E-state index in [1.807, 2.05) is 18.2 Å². The highest BCUT2D eigenvalue weighted by atomic mass is 35.5. The van der Waals surface area contributed by atoms with E-state index in [1.54, 1.807) is 6.07 Å². The maximum atomic E-state index is 10.9. The maximum Gasteiger partial charge on any atom is 0.407 e. The minimum absolute atomic E-state index is 0.101. The van der Waals surface area contributed by atoms with Crippen LogP contribution in [0.2, 0.25) is 5.02 Å².